The Morgan fingerprint density at radius 2 is 1.94 bits per heavy atom. The van der Waals surface area contributed by atoms with Crippen molar-refractivity contribution in [2.24, 2.45) is 0 Å². The lowest BCUT2D eigenvalue weighted by atomic mass is 10.2. The van der Waals surface area contributed by atoms with Crippen LogP contribution in [0.3, 0.4) is 0 Å². The molecule has 4 heteroatoms. The predicted molar refractivity (Wildman–Crippen MR) is 64.5 cm³/mol. The van der Waals surface area contributed by atoms with Crippen LogP contribution in [-0.4, -0.2) is 18.4 Å². The third-order valence-corrected chi connectivity index (χ3v) is 2.17. The first kappa shape index (κ1) is 13.2. The van der Waals surface area contributed by atoms with E-state index in [0.717, 1.165) is 12.0 Å². The van der Waals surface area contributed by atoms with Crippen molar-refractivity contribution in [1.29, 1.82) is 0 Å². The first-order chi connectivity index (χ1) is 8.22. The Morgan fingerprint density at radius 3 is 2.59 bits per heavy atom. The Labute approximate surface area is 101 Å². The second kappa shape index (κ2) is 7.44. The fourth-order valence-corrected chi connectivity index (χ4v) is 1.31. The molecule has 0 heterocycles. The van der Waals surface area contributed by atoms with Crippen LogP contribution in [0, 0.1) is 0 Å². The van der Waals surface area contributed by atoms with Crippen LogP contribution in [0.15, 0.2) is 30.3 Å². The third kappa shape index (κ3) is 5.70. The average molecular weight is 235 g/mol. The molecule has 1 rings (SSSR count). The van der Waals surface area contributed by atoms with Gasteiger partial charge in [-0.25, -0.2) is 4.79 Å². The first-order valence-corrected chi connectivity index (χ1v) is 5.68. The molecular weight excluding hydrogens is 218 g/mol. The Kier molecular flexibility index (Phi) is 5.79. The van der Waals surface area contributed by atoms with Crippen molar-refractivity contribution in [3.8, 4) is 0 Å². The van der Waals surface area contributed by atoms with Gasteiger partial charge in [-0.2, -0.15) is 0 Å². The summed E-state index contributed by atoms with van der Waals surface area (Å²) in [5.74, 6) is 0.0177. The number of ketones is 1. The highest BCUT2D eigenvalue weighted by Gasteiger charge is 2.05. The van der Waals surface area contributed by atoms with Crippen LogP contribution in [-0.2, 0) is 16.1 Å². The maximum atomic E-state index is 11.2. The minimum atomic E-state index is -0.557. The maximum absolute atomic E-state index is 11.2. The molecule has 1 N–H and O–H groups in total. The number of Topliss-reactive ketones (excluding diaryl/α,β-unsaturated/α-hetero) is 1. The molecule has 0 radical (unpaired) electrons. The van der Waals surface area contributed by atoms with E-state index in [1.165, 1.54) is 0 Å². The zero-order chi connectivity index (χ0) is 12.5. The van der Waals surface area contributed by atoms with Crippen LogP contribution >= 0.6 is 0 Å². The standard InChI is InChI=1S/C13H17NO3/c1-2-6-12(15)9-14-13(16)17-10-11-7-4-3-5-8-11/h3-5,7-8H,2,6,9-10H2,1H3,(H,14,16). The van der Waals surface area contributed by atoms with Crippen LogP contribution in [0.4, 0.5) is 4.79 Å². The number of hydrogen-bond acceptors (Lipinski definition) is 3. The number of benzene rings is 1. The first-order valence-electron chi connectivity index (χ1n) is 5.68. The van der Waals surface area contributed by atoms with Crippen LogP contribution in [0.1, 0.15) is 25.3 Å². The Bertz CT molecular complexity index is 362. The van der Waals surface area contributed by atoms with E-state index in [9.17, 15) is 9.59 Å². The molecule has 1 amide bonds. The molecule has 0 unspecified atom stereocenters. The van der Waals surface area contributed by atoms with E-state index in [1.54, 1.807) is 0 Å². The molecule has 0 atom stereocenters. The summed E-state index contributed by atoms with van der Waals surface area (Å²) < 4.78 is 4.95. The van der Waals surface area contributed by atoms with Gasteiger partial charge in [-0.15, -0.1) is 0 Å². The molecule has 0 bridgehead atoms. The number of alkyl carbamates (subject to hydrolysis) is 1. The molecule has 1 aromatic rings. The minimum Gasteiger partial charge on any atom is -0.445 e. The second-order valence-electron chi connectivity index (χ2n) is 3.70. The van der Waals surface area contributed by atoms with Crippen LogP contribution in [0.2, 0.25) is 0 Å². The van der Waals surface area contributed by atoms with Gasteiger partial charge in [0.25, 0.3) is 0 Å². The number of hydrogen-bond donors (Lipinski definition) is 1. The molecule has 17 heavy (non-hydrogen) atoms. The highest BCUT2D eigenvalue weighted by Crippen LogP contribution is 2.00. The zero-order valence-corrected chi connectivity index (χ0v) is 9.94. The molecular formula is C13H17NO3. The lowest BCUT2D eigenvalue weighted by Crippen LogP contribution is -2.29. The van der Waals surface area contributed by atoms with E-state index in [2.05, 4.69) is 5.32 Å². The number of nitrogens with one attached hydrogen (secondary N) is 1. The minimum absolute atomic E-state index is 0.0177. The average Bonchev–Trinajstić information content (AvgIpc) is 2.35. The predicted octanol–water partition coefficient (Wildman–Crippen LogP) is 2.28. The lowest BCUT2D eigenvalue weighted by molar-refractivity contribution is -0.118. The summed E-state index contributed by atoms with van der Waals surface area (Å²) in [5, 5.41) is 2.43. The van der Waals surface area contributed by atoms with E-state index in [1.807, 2.05) is 37.3 Å². The van der Waals surface area contributed by atoms with Crippen molar-refractivity contribution in [2.45, 2.75) is 26.4 Å². The summed E-state index contributed by atoms with van der Waals surface area (Å²) in [7, 11) is 0. The molecule has 0 aromatic heterocycles. The van der Waals surface area contributed by atoms with Gasteiger partial charge in [0.2, 0.25) is 0 Å². The Balaban J connectivity index is 2.20. The highest BCUT2D eigenvalue weighted by atomic mass is 16.5. The largest absolute Gasteiger partial charge is 0.445 e. The van der Waals surface area contributed by atoms with Gasteiger partial charge in [-0.3, -0.25) is 4.79 Å². The summed E-state index contributed by atoms with van der Waals surface area (Å²) in [6.45, 7) is 2.18. The summed E-state index contributed by atoms with van der Waals surface area (Å²) in [5.41, 5.74) is 0.919. The van der Waals surface area contributed by atoms with Gasteiger partial charge in [-0.05, 0) is 12.0 Å². The molecule has 0 saturated carbocycles. The van der Waals surface area contributed by atoms with Gasteiger partial charge in [-0.1, -0.05) is 37.3 Å². The SMILES string of the molecule is CCCC(=O)CNC(=O)OCc1ccccc1. The highest BCUT2D eigenvalue weighted by molar-refractivity contribution is 5.83. The number of rotatable bonds is 6. The maximum Gasteiger partial charge on any atom is 0.407 e. The van der Waals surface area contributed by atoms with Crippen molar-refractivity contribution in [2.75, 3.05) is 6.54 Å². The van der Waals surface area contributed by atoms with Gasteiger partial charge in [0.05, 0.1) is 6.54 Å². The number of carbonyl (C=O) groups is 2. The molecule has 0 spiro atoms. The van der Waals surface area contributed by atoms with E-state index in [4.69, 9.17) is 4.74 Å². The van der Waals surface area contributed by atoms with Gasteiger partial charge >= 0.3 is 6.09 Å². The normalized spacial score (nSPS) is 9.71. The summed E-state index contributed by atoms with van der Waals surface area (Å²) in [6.07, 6.45) is 0.719. The topological polar surface area (TPSA) is 55.4 Å². The summed E-state index contributed by atoms with van der Waals surface area (Å²) in [6, 6.07) is 9.39. The molecule has 1 aromatic carbocycles. The van der Waals surface area contributed by atoms with Crippen LogP contribution < -0.4 is 5.32 Å². The third-order valence-electron chi connectivity index (χ3n) is 2.17. The van der Waals surface area contributed by atoms with Crippen molar-refractivity contribution < 1.29 is 14.3 Å². The molecule has 0 aliphatic carbocycles. The van der Waals surface area contributed by atoms with Crippen LogP contribution in [0.25, 0.3) is 0 Å². The summed E-state index contributed by atoms with van der Waals surface area (Å²) in [4.78, 5) is 22.4. The van der Waals surface area contributed by atoms with E-state index >= 15 is 0 Å². The molecule has 0 aliphatic rings. The van der Waals surface area contributed by atoms with Crippen molar-refractivity contribution in [3.63, 3.8) is 0 Å². The lowest BCUT2D eigenvalue weighted by Gasteiger charge is -2.06. The number of ether oxygens (including phenoxy) is 1. The summed E-state index contributed by atoms with van der Waals surface area (Å²) >= 11 is 0. The molecule has 0 aliphatic heterocycles. The molecule has 0 fully saturated rings. The van der Waals surface area contributed by atoms with Gasteiger partial charge in [0, 0.05) is 6.42 Å². The zero-order valence-electron chi connectivity index (χ0n) is 9.94. The Hall–Kier alpha value is -1.84. The fraction of sp³-hybridized carbons (Fsp3) is 0.385. The molecule has 4 nitrogen and oxygen atoms in total. The smallest absolute Gasteiger partial charge is 0.407 e. The van der Waals surface area contributed by atoms with Crippen LogP contribution in [0.5, 0.6) is 0 Å². The monoisotopic (exact) mass is 235 g/mol. The van der Waals surface area contributed by atoms with Crippen molar-refractivity contribution in [1.82, 2.24) is 5.32 Å². The van der Waals surface area contributed by atoms with E-state index < -0.39 is 6.09 Å². The number of amides is 1. The van der Waals surface area contributed by atoms with Crippen molar-refractivity contribution >= 4 is 11.9 Å². The van der Waals surface area contributed by atoms with Crippen molar-refractivity contribution in [3.05, 3.63) is 35.9 Å². The second-order valence-corrected chi connectivity index (χ2v) is 3.70. The molecule has 92 valence electrons. The number of carbonyl (C=O) groups excluding carboxylic acids is 2. The molecule has 0 saturated heterocycles. The Morgan fingerprint density at radius 1 is 1.24 bits per heavy atom. The van der Waals surface area contributed by atoms with E-state index in [0.29, 0.717) is 6.42 Å². The fourth-order valence-electron chi connectivity index (χ4n) is 1.31. The quantitative estimate of drug-likeness (QED) is 0.823. The van der Waals surface area contributed by atoms with Gasteiger partial charge < -0.3 is 10.1 Å². The van der Waals surface area contributed by atoms with Gasteiger partial charge in [0.15, 0.2) is 5.78 Å². The van der Waals surface area contributed by atoms with Gasteiger partial charge in [0.1, 0.15) is 6.61 Å². The van der Waals surface area contributed by atoms with E-state index in [-0.39, 0.29) is 18.9 Å².